The van der Waals surface area contributed by atoms with E-state index in [4.69, 9.17) is 17.0 Å². The zero-order valence-corrected chi connectivity index (χ0v) is 20.2. The molecule has 0 bridgehead atoms. The van der Waals surface area contributed by atoms with Crippen molar-refractivity contribution in [3.8, 4) is 11.4 Å². The largest absolute Gasteiger partial charge is 0.497 e. The van der Waals surface area contributed by atoms with Crippen LogP contribution >= 0.6 is 24.0 Å². The summed E-state index contributed by atoms with van der Waals surface area (Å²) in [4.78, 5) is 19.4. The van der Waals surface area contributed by atoms with Gasteiger partial charge >= 0.3 is 0 Å². The summed E-state index contributed by atoms with van der Waals surface area (Å²) >= 11 is 6.84. The van der Waals surface area contributed by atoms with Gasteiger partial charge in [-0.2, -0.15) is 0 Å². The van der Waals surface area contributed by atoms with E-state index in [2.05, 4.69) is 39.9 Å². The highest BCUT2D eigenvalue weighted by Crippen LogP contribution is 2.39. The molecule has 1 saturated heterocycles. The third kappa shape index (κ3) is 3.43. The molecule has 1 fully saturated rings. The Labute approximate surface area is 207 Å². The van der Waals surface area contributed by atoms with Gasteiger partial charge in [-0.15, -0.1) is 0 Å². The second kappa shape index (κ2) is 8.42. The number of hydrogen-bond acceptors (Lipinski definition) is 5. The van der Waals surface area contributed by atoms with Gasteiger partial charge in [-0.3, -0.25) is 14.7 Å². The zero-order chi connectivity index (χ0) is 23.2. The number of aryl methyl sites for hydroxylation is 1. The number of benzene rings is 2. The molecular formula is C27H21N3O2S2. The number of hydrogen-bond donors (Lipinski definition) is 0. The number of fused-ring (bicyclic) bond motifs is 3. The van der Waals surface area contributed by atoms with Crippen LogP contribution in [0.2, 0.25) is 0 Å². The molecule has 0 N–H and O–H groups in total. The van der Waals surface area contributed by atoms with Gasteiger partial charge in [-0.1, -0.05) is 30.0 Å². The molecule has 1 aliphatic heterocycles. The van der Waals surface area contributed by atoms with E-state index in [-0.39, 0.29) is 5.91 Å². The van der Waals surface area contributed by atoms with Crippen molar-refractivity contribution in [3.05, 3.63) is 88.7 Å². The summed E-state index contributed by atoms with van der Waals surface area (Å²) in [5, 5.41) is 1.25. The summed E-state index contributed by atoms with van der Waals surface area (Å²) in [6.45, 7) is 0. The van der Waals surface area contributed by atoms with Gasteiger partial charge in [0.25, 0.3) is 5.91 Å². The van der Waals surface area contributed by atoms with E-state index in [1.807, 2.05) is 18.2 Å². The lowest BCUT2D eigenvalue weighted by Gasteiger charge is -2.13. The highest BCUT2D eigenvalue weighted by molar-refractivity contribution is 8.27. The highest BCUT2D eigenvalue weighted by Gasteiger charge is 2.33. The molecule has 2 aliphatic rings. The molecular weight excluding hydrogens is 462 g/mol. The van der Waals surface area contributed by atoms with Crippen LogP contribution in [0.3, 0.4) is 0 Å². The van der Waals surface area contributed by atoms with Gasteiger partial charge in [0.05, 0.1) is 23.2 Å². The van der Waals surface area contributed by atoms with Crippen LogP contribution < -0.4 is 9.64 Å². The summed E-state index contributed by atoms with van der Waals surface area (Å²) in [6.07, 6.45) is 8.58. The number of methoxy groups -OCH3 is 1. The van der Waals surface area contributed by atoms with Crippen LogP contribution in [0.4, 0.5) is 5.69 Å². The highest BCUT2D eigenvalue weighted by atomic mass is 32.2. The minimum atomic E-state index is -0.0951. The standard InChI is InChI=1S/C27H21N3O2S2/c1-32-20-8-6-18(7-9-20)29-23-4-2-3-21(23)22-15-17(5-10-24(22)29)16-25-26(31)30(27(33)34-25)19-11-13-28-14-12-19/h5-16H,2-4H2,1H3/b25-16+. The fraction of sp³-hybridized carbons (Fsp3) is 0.148. The van der Waals surface area contributed by atoms with Crippen molar-refractivity contribution in [2.24, 2.45) is 0 Å². The number of carbonyl (C=O) groups is 1. The van der Waals surface area contributed by atoms with Crippen molar-refractivity contribution in [2.75, 3.05) is 12.0 Å². The zero-order valence-electron chi connectivity index (χ0n) is 18.5. The quantitative estimate of drug-likeness (QED) is 0.266. The topological polar surface area (TPSA) is 47.4 Å². The van der Waals surface area contributed by atoms with Crippen LogP contribution in [0.15, 0.2) is 71.9 Å². The molecule has 0 unspecified atom stereocenters. The molecule has 0 radical (unpaired) electrons. The normalized spacial score (nSPS) is 16.6. The summed E-state index contributed by atoms with van der Waals surface area (Å²) in [5.74, 6) is 0.755. The van der Waals surface area contributed by atoms with E-state index in [1.54, 1.807) is 36.5 Å². The van der Waals surface area contributed by atoms with E-state index in [0.29, 0.717) is 9.23 Å². The van der Waals surface area contributed by atoms with E-state index in [1.165, 1.54) is 33.9 Å². The lowest BCUT2D eigenvalue weighted by Crippen LogP contribution is -2.27. The summed E-state index contributed by atoms with van der Waals surface area (Å²) in [6, 6.07) is 18.3. The minimum Gasteiger partial charge on any atom is -0.497 e. The van der Waals surface area contributed by atoms with Crippen molar-refractivity contribution >= 4 is 56.9 Å². The molecule has 4 aromatic rings. The maximum absolute atomic E-state index is 13.1. The first-order valence-electron chi connectivity index (χ1n) is 11.1. The van der Waals surface area contributed by atoms with Crippen LogP contribution in [-0.4, -0.2) is 26.9 Å². The fourth-order valence-corrected chi connectivity index (χ4v) is 6.15. The molecule has 0 atom stereocenters. The van der Waals surface area contributed by atoms with Gasteiger partial charge in [0.15, 0.2) is 4.32 Å². The van der Waals surface area contributed by atoms with Gasteiger partial charge < -0.3 is 9.30 Å². The summed E-state index contributed by atoms with van der Waals surface area (Å²) in [7, 11) is 1.68. The SMILES string of the molecule is COc1ccc(-n2c3c(c4cc(/C=C5/SC(=S)N(c6ccncc6)C5=O)ccc42)CCC3)cc1. The van der Waals surface area contributed by atoms with Crippen molar-refractivity contribution in [2.45, 2.75) is 19.3 Å². The monoisotopic (exact) mass is 483 g/mol. The van der Waals surface area contributed by atoms with E-state index >= 15 is 0 Å². The molecule has 7 heteroatoms. The maximum atomic E-state index is 13.1. The Morgan fingerprint density at radius 1 is 1.03 bits per heavy atom. The van der Waals surface area contributed by atoms with Crippen LogP contribution in [0, 0.1) is 0 Å². The van der Waals surface area contributed by atoms with Crippen molar-refractivity contribution in [1.82, 2.24) is 9.55 Å². The first-order chi connectivity index (χ1) is 16.6. The Hall–Kier alpha value is -3.42. The Morgan fingerprint density at radius 2 is 1.82 bits per heavy atom. The Kier molecular flexibility index (Phi) is 5.23. The lowest BCUT2D eigenvalue weighted by molar-refractivity contribution is -0.113. The third-order valence-electron chi connectivity index (χ3n) is 6.39. The number of anilines is 1. The number of thioether (sulfide) groups is 1. The first kappa shape index (κ1) is 21.1. The van der Waals surface area contributed by atoms with Crippen LogP contribution in [-0.2, 0) is 17.6 Å². The number of rotatable bonds is 4. The van der Waals surface area contributed by atoms with Crippen molar-refractivity contribution in [3.63, 3.8) is 0 Å². The van der Waals surface area contributed by atoms with Gasteiger partial charge in [0.2, 0.25) is 0 Å². The Morgan fingerprint density at radius 3 is 2.59 bits per heavy atom. The smallest absolute Gasteiger partial charge is 0.270 e. The first-order valence-corrected chi connectivity index (χ1v) is 12.3. The number of amides is 1. The molecule has 3 heterocycles. The number of aromatic nitrogens is 2. The molecule has 1 aliphatic carbocycles. The Bertz CT molecular complexity index is 1470. The third-order valence-corrected chi connectivity index (χ3v) is 7.69. The van der Waals surface area contributed by atoms with Gasteiger partial charge in [-0.05, 0) is 85.0 Å². The van der Waals surface area contributed by atoms with Gasteiger partial charge in [-0.25, -0.2) is 0 Å². The number of ether oxygens (including phenoxy) is 1. The molecule has 2 aromatic carbocycles. The van der Waals surface area contributed by atoms with Crippen LogP contribution in [0.5, 0.6) is 5.75 Å². The van der Waals surface area contributed by atoms with Crippen LogP contribution in [0.25, 0.3) is 22.7 Å². The van der Waals surface area contributed by atoms with Crippen molar-refractivity contribution < 1.29 is 9.53 Å². The molecule has 2 aromatic heterocycles. The number of thiocarbonyl (C=S) groups is 1. The molecule has 5 nitrogen and oxygen atoms in total. The summed E-state index contributed by atoms with van der Waals surface area (Å²) in [5.41, 5.74) is 6.86. The second-order valence-electron chi connectivity index (χ2n) is 8.31. The molecule has 1 amide bonds. The Balaban J connectivity index is 1.40. The minimum absolute atomic E-state index is 0.0951. The van der Waals surface area contributed by atoms with Gasteiger partial charge in [0, 0.05) is 29.2 Å². The van der Waals surface area contributed by atoms with E-state index in [0.717, 1.165) is 42.0 Å². The summed E-state index contributed by atoms with van der Waals surface area (Å²) < 4.78 is 8.24. The number of nitrogens with zero attached hydrogens (tertiary/aromatic N) is 3. The van der Waals surface area contributed by atoms with Crippen molar-refractivity contribution in [1.29, 1.82) is 0 Å². The average molecular weight is 484 g/mol. The molecule has 0 spiro atoms. The van der Waals surface area contributed by atoms with Gasteiger partial charge in [0.1, 0.15) is 5.75 Å². The predicted molar refractivity (Wildman–Crippen MR) is 142 cm³/mol. The average Bonchev–Trinajstić information content (AvgIpc) is 3.53. The van der Waals surface area contributed by atoms with E-state index in [9.17, 15) is 4.79 Å². The molecule has 168 valence electrons. The number of carbonyl (C=O) groups excluding carboxylic acids is 1. The molecule has 34 heavy (non-hydrogen) atoms. The van der Waals surface area contributed by atoms with E-state index < -0.39 is 0 Å². The lowest BCUT2D eigenvalue weighted by atomic mass is 10.1. The van der Waals surface area contributed by atoms with Crippen LogP contribution in [0.1, 0.15) is 23.2 Å². The molecule has 0 saturated carbocycles. The maximum Gasteiger partial charge on any atom is 0.270 e. The fourth-order valence-electron chi connectivity index (χ4n) is 4.85. The second-order valence-corrected chi connectivity index (χ2v) is 9.99. The number of pyridine rings is 1. The molecule has 6 rings (SSSR count). The predicted octanol–water partition coefficient (Wildman–Crippen LogP) is 5.93.